The number of rotatable bonds is 4. The highest BCUT2D eigenvalue weighted by molar-refractivity contribution is 5.74. The molecular weight excluding hydrogens is 235 g/mol. The fourth-order valence-corrected chi connectivity index (χ4v) is 1.82. The number of hydrogen-bond acceptors (Lipinski definition) is 2. The zero-order valence-electron chi connectivity index (χ0n) is 9.81. The number of halogens is 3. The number of hydrogen-bond donors (Lipinski definition) is 2. The predicted molar refractivity (Wildman–Crippen MR) is 57.7 cm³/mol. The van der Waals surface area contributed by atoms with Crippen LogP contribution >= 0.6 is 0 Å². The van der Waals surface area contributed by atoms with Gasteiger partial charge >= 0.3 is 12.2 Å². The monoisotopic (exact) mass is 253 g/mol. The second-order valence-corrected chi connectivity index (χ2v) is 4.11. The van der Waals surface area contributed by atoms with Crippen LogP contribution in [0.1, 0.15) is 19.8 Å². The van der Waals surface area contributed by atoms with E-state index in [1.807, 2.05) is 5.32 Å². The van der Waals surface area contributed by atoms with Crippen molar-refractivity contribution in [3.8, 4) is 0 Å². The molecule has 0 aromatic heterocycles. The first kappa shape index (κ1) is 14.1. The Morgan fingerprint density at radius 2 is 2.24 bits per heavy atom. The molecule has 0 aliphatic carbocycles. The standard InChI is InChI=1S/C10H18F3N3O/c1-2-16(6-8-4-3-5-14-8)9(17)15-7-10(11,12)13/h8,14H,2-7H2,1H3,(H,15,17). The molecule has 0 aromatic carbocycles. The van der Waals surface area contributed by atoms with Crippen molar-refractivity contribution in [1.29, 1.82) is 0 Å². The minimum Gasteiger partial charge on any atom is -0.329 e. The van der Waals surface area contributed by atoms with Gasteiger partial charge in [0.1, 0.15) is 6.54 Å². The Labute approximate surface area is 98.5 Å². The highest BCUT2D eigenvalue weighted by Gasteiger charge is 2.29. The molecule has 7 heteroatoms. The van der Waals surface area contributed by atoms with Crippen molar-refractivity contribution in [3.05, 3.63) is 0 Å². The summed E-state index contributed by atoms with van der Waals surface area (Å²) in [4.78, 5) is 12.9. The third kappa shape index (κ3) is 5.25. The van der Waals surface area contributed by atoms with E-state index in [1.165, 1.54) is 4.90 Å². The Bertz CT molecular complexity index is 252. The molecule has 1 heterocycles. The van der Waals surface area contributed by atoms with E-state index in [1.54, 1.807) is 6.92 Å². The molecule has 1 aliphatic heterocycles. The van der Waals surface area contributed by atoms with Crippen molar-refractivity contribution in [1.82, 2.24) is 15.5 Å². The van der Waals surface area contributed by atoms with Crippen LogP contribution in [-0.4, -0.2) is 49.3 Å². The SMILES string of the molecule is CCN(CC1CCCN1)C(=O)NCC(F)(F)F. The fourth-order valence-electron chi connectivity index (χ4n) is 1.82. The van der Waals surface area contributed by atoms with Crippen molar-refractivity contribution in [2.45, 2.75) is 32.0 Å². The summed E-state index contributed by atoms with van der Waals surface area (Å²) in [5, 5.41) is 5.09. The van der Waals surface area contributed by atoms with E-state index in [4.69, 9.17) is 0 Å². The number of alkyl halides is 3. The van der Waals surface area contributed by atoms with Crippen LogP contribution in [0.2, 0.25) is 0 Å². The van der Waals surface area contributed by atoms with Crippen LogP contribution in [0.15, 0.2) is 0 Å². The summed E-state index contributed by atoms with van der Waals surface area (Å²) in [7, 11) is 0. The largest absolute Gasteiger partial charge is 0.405 e. The Hall–Kier alpha value is -0.980. The molecule has 1 atom stereocenters. The summed E-state index contributed by atoms with van der Waals surface area (Å²) >= 11 is 0. The highest BCUT2D eigenvalue weighted by atomic mass is 19.4. The number of carbonyl (C=O) groups excluding carboxylic acids is 1. The number of amides is 2. The van der Waals surface area contributed by atoms with Crippen LogP contribution in [0, 0.1) is 0 Å². The van der Waals surface area contributed by atoms with Crippen LogP contribution in [0.25, 0.3) is 0 Å². The average Bonchev–Trinajstić information content (AvgIpc) is 2.74. The first-order chi connectivity index (χ1) is 7.92. The summed E-state index contributed by atoms with van der Waals surface area (Å²) < 4.78 is 35.8. The maximum absolute atomic E-state index is 11.9. The fraction of sp³-hybridized carbons (Fsp3) is 0.900. The van der Waals surface area contributed by atoms with Gasteiger partial charge < -0.3 is 15.5 Å². The van der Waals surface area contributed by atoms with Crippen molar-refractivity contribution in [2.75, 3.05) is 26.2 Å². The Balaban J connectivity index is 2.35. The molecule has 100 valence electrons. The van der Waals surface area contributed by atoms with Crippen LogP contribution < -0.4 is 10.6 Å². The number of urea groups is 1. The Morgan fingerprint density at radius 1 is 1.53 bits per heavy atom. The lowest BCUT2D eigenvalue weighted by Crippen LogP contribution is -2.47. The lowest BCUT2D eigenvalue weighted by Gasteiger charge is -2.25. The molecule has 17 heavy (non-hydrogen) atoms. The summed E-state index contributed by atoms with van der Waals surface area (Å²) in [5.74, 6) is 0. The lowest BCUT2D eigenvalue weighted by molar-refractivity contribution is -0.123. The van der Waals surface area contributed by atoms with Crippen LogP contribution in [0.4, 0.5) is 18.0 Å². The number of carbonyl (C=O) groups is 1. The smallest absolute Gasteiger partial charge is 0.329 e. The van der Waals surface area contributed by atoms with Gasteiger partial charge in [0.2, 0.25) is 0 Å². The number of nitrogens with one attached hydrogen (secondary N) is 2. The van der Waals surface area contributed by atoms with E-state index in [0.29, 0.717) is 13.1 Å². The number of nitrogens with zero attached hydrogens (tertiary/aromatic N) is 1. The van der Waals surface area contributed by atoms with Gasteiger partial charge in [-0.3, -0.25) is 0 Å². The van der Waals surface area contributed by atoms with Gasteiger partial charge in [0, 0.05) is 19.1 Å². The molecule has 1 rings (SSSR count). The molecule has 1 aliphatic rings. The molecule has 1 fully saturated rings. The van der Waals surface area contributed by atoms with Crippen molar-refractivity contribution in [2.24, 2.45) is 0 Å². The summed E-state index contributed by atoms with van der Waals surface area (Å²) in [5.41, 5.74) is 0. The van der Waals surface area contributed by atoms with Gasteiger partial charge in [0.05, 0.1) is 0 Å². The van der Waals surface area contributed by atoms with Gasteiger partial charge in [-0.15, -0.1) is 0 Å². The Kier molecular flexibility index (Phi) is 5.04. The molecule has 2 N–H and O–H groups in total. The van der Waals surface area contributed by atoms with Gasteiger partial charge in [0.15, 0.2) is 0 Å². The normalized spacial score (nSPS) is 20.4. The van der Waals surface area contributed by atoms with Crippen molar-refractivity contribution >= 4 is 6.03 Å². The topological polar surface area (TPSA) is 44.4 Å². The third-order valence-electron chi connectivity index (χ3n) is 2.71. The van der Waals surface area contributed by atoms with E-state index in [0.717, 1.165) is 19.4 Å². The second kappa shape index (κ2) is 6.09. The predicted octanol–water partition coefficient (Wildman–Crippen LogP) is 1.33. The zero-order valence-corrected chi connectivity index (χ0v) is 9.81. The Morgan fingerprint density at radius 3 is 2.71 bits per heavy atom. The molecule has 4 nitrogen and oxygen atoms in total. The summed E-state index contributed by atoms with van der Waals surface area (Å²) in [6, 6.07) is -0.454. The van der Waals surface area contributed by atoms with E-state index in [9.17, 15) is 18.0 Å². The molecule has 1 saturated heterocycles. The maximum Gasteiger partial charge on any atom is 0.405 e. The van der Waals surface area contributed by atoms with Gasteiger partial charge in [-0.05, 0) is 26.3 Å². The minimum absolute atomic E-state index is 0.201. The first-order valence-corrected chi connectivity index (χ1v) is 5.75. The first-order valence-electron chi connectivity index (χ1n) is 5.75. The summed E-state index contributed by atoms with van der Waals surface area (Å²) in [6.07, 6.45) is -2.35. The molecule has 1 unspecified atom stereocenters. The number of likely N-dealkylation sites (N-methyl/N-ethyl adjacent to an activating group) is 1. The summed E-state index contributed by atoms with van der Waals surface area (Å²) in [6.45, 7) is 2.25. The second-order valence-electron chi connectivity index (χ2n) is 4.11. The molecule has 0 saturated carbocycles. The minimum atomic E-state index is -4.36. The van der Waals surface area contributed by atoms with Gasteiger partial charge in [-0.1, -0.05) is 0 Å². The van der Waals surface area contributed by atoms with Crippen molar-refractivity contribution < 1.29 is 18.0 Å². The quantitative estimate of drug-likeness (QED) is 0.794. The van der Waals surface area contributed by atoms with Crippen LogP contribution in [-0.2, 0) is 0 Å². The van der Waals surface area contributed by atoms with Gasteiger partial charge in [0.25, 0.3) is 0 Å². The molecule has 0 radical (unpaired) electrons. The molecule has 2 amide bonds. The average molecular weight is 253 g/mol. The van der Waals surface area contributed by atoms with Crippen LogP contribution in [0.5, 0.6) is 0 Å². The van der Waals surface area contributed by atoms with Crippen molar-refractivity contribution in [3.63, 3.8) is 0 Å². The molecular formula is C10H18F3N3O. The van der Waals surface area contributed by atoms with Gasteiger partial charge in [-0.25, -0.2) is 4.79 Å². The van der Waals surface area contributed by atoms with E-state index in [2.05, 4.69) is 5.32 Å². The third-order valence-corrected chi connectivity index (χ3v) is 2.71. The maximum atomic E-state index is 11.9. The lowest BCUT2D eigenvalue weighted by atomic mass is 10.2. The van der Waals surface area contributed by atoms with E-state index >= 15 is 0 Å². The van der Waals surface area contributed by atoms with Crippen LogP contribution in [0.3, 0.4) is 0 Å². The van der Waals surface area contributed by atoms with E-state index in [-0.39, 0.29) is 6.04 Å². The van der Waals surface area contributed by atoms with E-state index < -0.39 is 18.8 Å². The molecule has 0 bridgehead atoms. The molecule has 0 aromatic rings. The highest BCUT2D eigenvalue weighted by Crippen LogP contribution is 2.12. The van der Waals surface area contributed by atoms with Gasteiger partial charge in [-0.2, -0.15) is 13.2 Å². The molecule has 0 spiro atoms. The zero-order chi connectivity index (χ0) is 12.9.